The van der Waals surface area contributed by atoms with Crippen molar-refractivity contribution in [3.05, 3.63) is 54.0 Å². The van der Waals surface area contributed by atoms with E-state index in [1.807, 2.05) is 20.8 Å². The zero-order valence-electron chi connectivity index (χ0n) is 16.0. The Morgan fingerprint density at radius 2 is 1.79 bits per heavy atom. The Bertz CT molecular complexity index is 889. The largest absolute Gasteiger partial charge is 0.468 e. The summed E-state index contributed by atoms with van der Waals surface area (Å²) in [5, 5.41) is 2.73. The second-order valence-electron chi connectivity index (χ2n) is 6.60. The molecule has 2 N–H and O–H groups in total. The number of rotatable bonds is 9. The molecule has 0 fully saturated rings. The van der Waals surface area contributed by atoms with Crippen LogP contribution in [0.2, 0.25) is 0 Å². The molecule has 2 rings (SSSR count). The van der Waals surface area contributed by atoms with Crippen LogP contribution < -0.4 is 10.0 Å². The van der Waals surface area contributed by atoms with Crippen LogP contribution in [0.3, 0.4) is 0 Å². The molecule has 0 bridgehead atoms. The minimum atomic E-state index is -3.75. The van der Waals surface area contributed by atoms with Crippen molar-refractivity contribution >= 4 is 21.9 Å². The van der Waals surface area contributed by atoms with Gasteiger partial charge in [-0.25, -0.2) is 17.9 Å². The van der Waals surface area contributed by atoms with E-state index in [2.05, 4.69) is 10.0 Å². The van der Waals surface area contributed by atoms with Crippen molar-refractivity contribution in [1.82, 2.24) is 10.0 Å². The van der Waals surface area contributed by atoms with Crippen LogP contribution in [0.5, 0.6) is 0 Å². The van der Waals surface area contributed by atoms with Gasteiger partial charge in [-0.3, -0.25) is 4.79 Å². The average Bonchev–Trinajstić information content (AvgIpc) is 3.18. The molecule has 0 aliphatic rings. The van der Waals surface area contributed by atoms with Crippen molar-refractivity contribution in [2.45, 2.75) is 38.3 Å². The third-order valence-electron chi connectivity index (χ3n) is 4.14. The molecule has 1 aromatic carbocycles. The molecular weight excluding hydrogens is 384 g/mol. The summed E-state index contributed by atoms with van der Waals surface area (Å²) in [5.41, 5.74) is 0.148. The van der Waals surface area contributed by atoms with Crippen molar-refractivity contribution in [2.75, 3.05) is 6.61 Å². The fourth-order valence-electron chi connectivity index (χ4n) is 2.11. The van der Waals surface area contributed by atoms with Gasteiger partial charge in [0.25, 0.3) is 5.91 Å². The van der Waals surface area contributed by atoms with Crippen LogP contribution >= 0.6 is 0 Å². The lowest BCUT2D eigenvalue weighted by molar-refractivity contribution is -0.125. The van der Waals surface area contributed by atoms with Gasteiger partial charge in [0.2, 0.25) is 10.0 Å². The summed E-state index contributed by atoms with van der Waals surface area (Å²) in [6.07, 6.45) is 1.45. The van der Waals surface area contributed by atoms with E-state index in [0.29, 0.717) is 5.76 Å². The minimum absolute atomic E-state index is 0.000827. The van der Waals surface area contributed by atoms with Crippen LogP contribution in [0, 0.1) is 5.92 Å². The molecule has 0 aliphatic carbocycles. The molecular formula is C19H24N2O6S. The monoisotopic (exact) mass is 408 g/mol. The molecule has 1 amide bonds. The lowest BCUT2D eigenvalue weighted by Crippen LogP contribution is -2.38. The molecule has 0 saturated carbocycles. The molecule has 0 spiro atoms. The molecule has 152 valence electrons. The van der Waals surface area contributed by atoms with Crippen LogP contribution in [-0.4, -0.2) is 32.9 Å². The summed E-state index contributed by atoms with van der Waals surface area (Å²) >= 11 is 0. The maximum Gasteiger partial charge on any atom is 0.338 e. The summed E-state index contributed by atoms with van der Waals surface area (Å²) in [6.45, 7) is 5.42. The van der Waals surface area contributed by atoms with E-state index >= 15 is 0 Å². The number of carbonyl (C=O) groups excluding carboxylic acids is 2. The highest BCUT2D eigenvalue weighted by Gasteiger charge is 2.17. The van der Waals surface area contributed by atoms with E-state index in [1.54, 1.807) is 12.1 Å². The topological polar surface area (TPSA) is 115 Å². The Labute approximate surface area is 164 Å². The molecule has 0 saturated heterocycles. The number of benzene rings is 1. The molecule has 0 aliphatic heterocycles. The summed E-state index contributed by atoms with van der Waals surface area (Å²) in [4.78, 5) is 23.8. The Kier molecular flexibility index (Phi) is 7.36. The molecule has 0 unspecified atom stereocenters. The highest BCUT2D eigenvalue weighted by atomic mass is 32.2. The molecule has 0 radical (unpaired) electrons. The van der Waals surface area contributed by atoms with Crippen LogP contribution in [0.15, 0.2) is 52.0 Å². The predicted octanol–water partition coefficient (Wildman–Crippen LogP) is 2.08. The molecule has 28 heavy (non-hydrogen) atoms. The first-order valence-electron chi connectivity index (χ1n) is 8.77. The summed E-state index contributed by atoms with van der Waals surface area (Å²) < 4.78 is 37.0. The zero-order chi connectivity index (χ0) is 20.7. The average molecular weight is 408 g/mol. The van der Waals surface area contributed by atoms with Gasteiger partial charge in [-0.05, 0) is 49.2 Å². The molecule has 1 heterocycles. The number of furan rings is 1. The smallest absolute Gasteiger partial charge is 0.338 e. The number of hydrogen-bond acceptors (Lipinski definition) is 6. The highest BCUT2D eigenvalue weighted by molar-refractivity contribution is 7.89. The third-order valence-corrected chi connectivity index (χ3v) is 5.56. The lowest BCUT2D eigenvalue weighted by atomic mass is 10.1. The first-order chi connectivity index (χ1) is 13.2. The van der Waals surface area contributed by atoms with E-state index in [0.717, 1.165) is 0 Å². The summed E-state index contributed by atoms with van der Waals surface area (Å²) in [7, 11) is -3.75. The van der Waals surface area contributed by atoms with Gasteiger partial charge in [0.15, 0.2) is 6.61 Å². The van der Waals surface area contributed by atoms with Gasteiger partial charge < -0.3 is 14.5 Å². The van der Waals surface area contributed by atoms with E-state index in [9.17, 15) is 18.0 Å². The second-order valence-corrected chi connectivity index (χ2v) is 8.37. The summed E-state index contributed by atoms with van der Waals surface area (Å²) in [6, 6.07) is 8.53. The summed E-state index contributed by atoms with van der Waals surface area (Å²) in [5.74, 6) is -0.361. The minimum Gasteiger partial charge on any atom is -0.468 e. The fourth-order valence-corrected chi connectivity index (χ4v) is 3.10. The Morgan fingerprint density at radius 1 is 1.11 bits per heavy atom. The number of hydrogen-bond donors (Lipinski definition) is 2. The van der Waals surface area contributed by atoms with Gasteiger partial charge in [-0.2, -0.15) is 0 Å². The quantitative estimate of drug-likeness (QED) is 0.614. The van der Waals surface area contributed by atoms with Gasteiger partial charge in [0, 0.05) is 6.04 Å². The van der Waals surface area contributed by atoms with Crippen LogP contribution in [0.1, 0.15) is 36.9 Å². The second kappa shape index (κ2) is 9.52. The molecule has 9 heteroatoms. The molecule has 2 aromatic rings. The molecule has 1 aromatic heterocycles. The number of esters is 1. The fraction of sp³-hybridized carbons (Fsp3) is 0.368. The lowest BCUT2D eigenvalue weighted by Gasteiger charge is -2.17. The van der Waals surface area contributed by atoms with Gasteiger partial charge in [0.1, 0.15) is 5.76 Å². The number of carbonyl (C=O) groups is 2. The van der Waals surface area contributed by atoms with Crippen LogP contribution in [-0.2, 0) is 26.1 Å². The normalized spacial score (nSPS) is 12.6. The van der Waals surface area contributed by atoms with Crippen molar-refractivity contribution in [3.63, 3.8) is 0 Å². The van der Waals surface area contributed by atoms with Crippen LogP contribution in [0.4, 0.5) is 0 Å². The molecule has 1 atom stereocenters. The first-order valence-corrected chi connectivity index (χ1v) is 10.3. The zero-order valence-corrected chi connectivity index (χ0v) is 16.8. The molecule has 8 nitrogen and oxygen atoms in total. The van der Waals surface area contributed by atoms with E-state index in [4.69, 9.17) is 9.15 Å². The Hall–Kier alpha value is -2.65. The van der Waals surface area contributed by atoms with Crippen LogP contribution in [0.25, 0.3) is 0 Å². The van der Waals surface area contributed by atoms with Crippen molar-refractivity contribution in [1.29, 1.82) is 0 Å². The van der Waals surface area contributed by atoms with E-state index < -0.39 is 28.5 Å². The van der Waals surface area contributed by atoms with Crippen molar-refractivity contribution in [3.8, 4) is 0 Å². The van der Waals surface area contributed by atoms with Gasteiger partial charge >= 0.3 is 5.97 Å². The van der Waals surface area contributed by atoms with Gasteiger partial charge in [-0.1, -0.05) is 13.8 Å². The highest BCUT2D eigenvalue weighted by Crippen LogP contribution is 2.12. The van der Waals surface area contributed by atoms with E-state index in [1.165, 1.54) is 30.5 Å². The first kappa shape index (κ1) is 21.6. The Balaban J connectivity index is 1.90. The van der Waals surface area contributed by atoms with E-state index in [-0.39, 0.29) is 29.0 Å². The number of ether oxygens (including phenoxy) is 1. The predicted molar refractivity (Wildman–Crippen MR) is 102 cm³/mol. The standard InChI is InChI=1S/C19H24N2O6S/c1-13(2)14(3)21-18(22)12-27-19(23)15-6-8-17(9-7-15)28(24,25)20-11-16-5-4-10-26-16/h4-10,13-14,20H,11-12H2,1-3H3,(H,21,22)/t14-/m0/s1. The van der Waals surface area contributed by atoms with Gasteiger partial charge in [-0.15, -0.1) is 0 Å². The Morgan fingerprint density at radius 3 is 2.36 bits per heavy atom. The van der Waals surface area contributed by atoms with Crippen molar-refractivity contribution in [2.24, 2.45) is 5.92 Å². The SMILES string of the molecule is CC(C)[C@H](C)NC(=O)COC(=O)c1ccc(S(=O)(=O)NCc2ccco2)cc1. The third kappa shape index (κ3) is 6.21. The number of sulfonamides is 1. The number of amides is 1. The maximum absolute atomic E-state index is 12.3. The maximum atomic E-state index is 12.3. The van der Waals surface area contributed by atoms with Crippen molar-refractivity contribution < 1.29 is 27.2 Å². The number of nitrogens with one attached hydrogen (secondary N) is 2. The van der Waals surface area contributed by atoms with Gasteiger partial charge in [0.05, 0.1) is 23.3 Å².